The molecule has 4 nitrogen and oxygen atoms in total. The minimum atomic E-state index is -0.783. The molecule has 1 spiro atoms. The first kappa shape index (κ1) is 20.7. The molecule has 1 amide bonds. The number of allylic oxidation sites excluding steroid dienone is 2. The molecule has 4 heteroatoms. The maximum Gasteiger partial charge on any atom is 0.229 e. The molecule has 6 rings (SSSR count). The Balaban J connectivity index is 1.47. The maximum absolute atomic E-state index is 13.9. The number of hydrogen-bond acceptors (Lipinski definition) is 3. The first-order valence-corrected chi connectivity index (χ1v) is 12.4. The van der Waals surface area contributed by atoms with E-state index in [1.54, 1.807) is 0 Å². The van der Waals surface area contributed by atoms with Crippen molar-refractivity contribution in [2.45, 2.75) is 64.4 Å². The third-order valence-corrected chi connectivity index (χ3v) is 9.75. The van der Waals surface area contributed by atoms with E-state index in [0.717, 1.165) is 18.4 Å². The van der Waals surface area contributed by atoms with Crippen LogP contribution in [0.15, 0.2) is 54.1 Å². The number of aliphatic hydroxyl groups is 1. The van der Waals surface area contributed by atoms with Gasteiger partial charge >= 0.3 is 0 Å². The van der Waals surface area contributed by atoms with Gasteiger partial charge in [0, 0.05) is 17.9 Å². The van der Waals surface area contributed by atoms with Gasteiger partial charge in [-0.1, -0.05) is 62.4 Å². The molecule has 170 valence electrons. The number of amides is 1. The van der Waals surface area contributed by atoms with Crippen molar-refractivity contribution >= 4 is 5.91 Å². The van der Waals surface area contributed by atoms with Crippen molar-refractivity contribution in [3.05, 3.63) is 59.7 Å². The predicted molar refractivity (Wildman–Crippen MR) is 124 cm³/mol. The van der Waals surface area contributed by atoms with Crippen molar-refractivity contribution in [1.29, 1.82) is 0 Å². The van der Waals surface area contributed by atoms with Crippen LogP contribution < -0.4 is 5.32 Å². The Labute approximate surface area is 191 Å². The highest BCUT2D eigenvalue weighted by molar-refractivity contribution is 5.88. The number of carbonyl (C=O) groups excluding carboxylic acids is 1. The Morgan fingerprint density at radius 2 is 1.94 bits per heavy atom. The molecule has 1 aromatic rings. The monoisotopic (exact) mass is 433 g/mol. The summed E-state index contributed by atoms with van der Waals surface area (Å²) in [5, 5.41) is 15.2. The first-order valence-electron chi connectivity index (χ1n) is 12.4. The van der Waals surface area contributed by atoms with Gasteiger partial charge < -0.3 is 15.2 Å². The quantitative estimate of drug-likeness (QED) is 0.696. The minimum Gasteiger partial charge on any atom is -0.392 e. The van der Waals surface area contributed by atoms with Gasteiger partial charge in [-0.05, 0) is 61.0 Å². The Hall–Kier alpha value is -1.91. The van der Waals surface area contributed by atoms with E-state index < -0.39 is 11.5 Å². The van der Waals surface area contributed by atoms with E-state index in [9.17, 15) is 9.90 Å². The molecule has 3 aliphatic carbocycles. The van der Waals surface area contributed by atoms with Gasteiger partial charge in [-0.25, -0.2) is 0 Å². The first-order chi connectivity index (χ1) is 15.3. The lowest BCUT2D eigenvalue weighted by Gasteiger charge is -2.57. The molecule has 11 atom stereocenters. The van der Waals surface area contributed by atoms with Gasteiger partial charge in [0.1, 0.15) is 0 Å². The van der Waals surface area contributed by atoms with E-state index >= 15 is 0 Å². The molecule has 0 bridgehead atoms. The molecule has 2 N–H and O–H groups in total. The lowest BCUT2D eigenvalue weighted by Crippen LogP contribution is -2.64. The van der Waals surface area contributed by atoms with Crippen LogP contribution in [0.3, 0.4) is 0 Å². The summed E-state index contributed by atoms with van der Waals surface area (Å²) in [6.07, 6.45) is 4.14. The number of carbonyl (C=O) groups is 1. The van der Waals surface area contributed by atoms with E-state index in [-0.39, 0.29) is 53.7 Å². The van der Waals surface area contributed by atoms with Crippen molar-refractivity contribution in [1.82, 2.24) is 5.32 Å². The van der Waals surface area contributed by atoms with Crippen LogP contribution in [0.5, 0.6) is 0 Å². The molecule has 5 aliphatic rings. The SMILES string of the molecule is C=C1[C@@H](C)[C@H]2[C@H](Cc3ccccc3)NC(=O)[C@]23[C@@H](O)C[C@H]2C(C)=C[C@@H](C)C[C@H]4O[C@H]1[C@@H]3C42. The number of ether oxygens (including phenoxy) is 1. The Morgan fingerprint density at radius 3 is 2.69 bits per heavy atom. The van der Waals surface area contributed by atoms with Gasteiger partial charge in [0.05, 0.1) is 23.7 Å². The molecular weight excluding hydrogens is 398 g/mol. The molecular formula is C28H35NO3. The van der Waals surface area contributed by atoms with Crippen molar-refractivity contribution in [2.75, 3.05) is 0 Å². The summed E-state index contributed by atoms with van der Waals surface area (Å²) in [6, 6.07) is 10.4. The number of rotatable bonds is 2. The number of benzene rings is 1. The molecule has 0 aromatic heterocycles. The van der Waals surface area contributed by atoms with E-state index in [4.69, 9.17) is 4.74 Å². The number of aliphatic hydroxyl groups excluding tert-OH is 1. The molecule has 4 fully saturated rings. The molecule has 0 radical (unpaired) electrons. The van der Waals surface area contributed by atoms with Gasteiger partial charge in [-0.15, -0.1) is 0 Å². The normalized spacial score (nSPS) is 49.1. The summed E-state index contributed by atoms with van der Waals surface area (Å²) in [7, 11) is 0. The smallest absolute Gasteiger partial charge is 0.229 e. The van der Waals surface area contributed by atoms with Crippen LogP contribution in [-0.4, -0.2) is 35.4 Å². The third kappa shape index (κ3) is 2.54. The second-order valence-corrected chi connectivity index (χ2v) is 11.3. The molecule has 2 heterocycles. The van der Waals surface area contributed by atoms with Crippen LogP contribution in [0, 0.1) is 40.9 Å². The lowest BCUT2D eigenvalue weighted by molar-refractivity contribution is -0.166. The van der Waals surface area contributed by atoms with Crippen molar-refractivity contribution in [3.8, 4) is 0 Å². The van der Waals surface area contributed by atoms with Crippen LogP contribution in [0.2, 0.25) is 0 Å². The zero-order valence-corrected chi connectivity index (χ0v) is 19.3. The zero-order chi connectivity index (χ0) is 22.4. The average molecular weight is 434 g/mol. The van der Waals surface area contributed by atoms with Crippen molar-refractivity contribution in [3.63, 3.8) is 0 Å². The van der Waals surface area contributed by atoms with Gasteiger partial charge in [-0.3, -0.25) is 4.79 Å². The highest BCUT2D eigenvalue weighted by Crippen LogP contribution is 2.68. The number of nitrogens with one attached hydrogen (secondary N) is 1. The maximum atomic E-state index is 13.9. The van der Waals surface area contributed by atoms with Crippen LogP contribution in [0.25, 0.3) is 0 Å². The fourth-order valence-electron chi connectivity index (χ4n) is 8.63. The fraction of sp³-hybridized carbons (Fsp3) is 0.607. The molecule has 2 saturated heterocycles. The standard InChI is InChI=1S/C28H35NO3/c1-14-10-15(2)19-13-22(30)28-24(20(29-27(28)31)12-18-8-6-5-7-9-18)16(3)17(4)26-25(28)23(19)21(11-14)32-26/h5-10,14,16,19-26,30H,4,11-13H2,1-3H3,(H,29,31)/t14-,16-,19+,20+,21-,22+,23?,24+,25+,26-,28-/m1/s1. The van der Waals surface area contributed by atoms with Crippen LogP contribution >= 0.6 is 0 Å². The topological polar surface area (TPSA) is 58.6 Å². The molecule has 32 heavy (non-hydrogen) atoms. The van der Waals surface area contributed by atoms with Crippen molar-refractivity contribution < 1.29 is 14.6 Å². The van der Waals surface area contributed by atoms with Gasteiger partial charge in [0.15, 0.2) is 0 Å². The Kier molecular flexibility index (Phi) is 4.55. The second-order valence-electron chi connectivity index (χ2n) is 11.3. The molecule has 1 unspecified atom stereocenters. The van der Waals surface area contributed by atoms with Crippen LogP contribution in [0.1, 0.15) is 39.2 Å². The summed E-state index contributed by atoms with van der Waals surface area (Å²) in [4.78, 5) is 13.9. The van der Waals surface area contributed by atoms with E-state index in [0.29, 0.717) is 12.3 Å². The Morgan fingerprint density at radius 1 is 1.19 bits per heavy atom. The van der Waals surface area contributed by atoms with E-state index in [2.05, 4.69) is 63.0 Å². The minimum absolute atomic E-state index is 0.00388. The summed E-state index contributed by atoms with van der Waals surface area (Å²) < 4.78 is 6.76. The molecule has 1 aromatic carbocycles. The van der Waals surface area contributed by atoms with Crippen LogP contribution in [-0.2, 0) is 16.0 Å². The van der Waals surface area contributed by atoms with Crippen molar-refractivity contribution in [2.24, 2.45) is 40.9 Å². The van der Waals surface area contributed by atoms with E-state index in [1.165, 1.54) is 11.1 Å². The van der Waals surface area contributed by atoms with Gasteiger partial charge in [0.25, 0.3) is 0 Å². The van der Waals surface area contributed by atoms with Gasteiger partial charge in [-0.2, -0.15) is 0 Å². The zero-order valence-electron chi connectivity index (χ0n) is 19.3. The second kappa shape index (κ2) is 7.04. The Bertz CT molecular complexity index is 986. The van der Waals surface area contributed by atoms with E-state index in [1.807, 2.05) is 6.07 Å². The summed E-state index contributed by atoms with van der Waals surface area (Å²) in [5.74, 6) is 1.21. The number of hydrogen-bond donors (Lipinski definition) is 2. The van der Waals surface area contributed by atoms with Gasteiger partial charge in [0.2, 0.25) is 5.91 Å². The summed E-state index contributed by atoms with van der Waals surface area (Å²) >= 11 is 0. The third-order valence-electron chi connectivity index (χ3n) is 9.75. The lowest BCUT2D eigenvalue weighted by atomic mass is 9.44. The predicted octanol–water partition coefficient (Wildman–Crippen LogP) is 3.90. The largest absolute Gasteiger partial charge is 0.392 e. The summed E-state index contributed by atoms with van der Waals surface area (Å²) in [6.45, 7) is 11.2. The highest BCUT2D eigenvalue weighted by Gasteiger charge is 2.75. The molecule has 2 aliphatic heterocycles. The average Bonchev–Trinajstić information content (AvgIpc) is 3.22. The molecule has 2 saturated carbocycles. The summed E-state index contributed by atoms with van der Waals surface area (Å²) in [5.41, 5.74) is 2.93. The van der Waals surface area contributed by atoms with Crippen LogP contribution in [0.4, 0.5) is 0 Å². The fourth-order valence-corrected chi connectivity index (χ4v) is 8.63. The highest BCUT2D eigenvalue weighted by atomic mass is 16.5.